The van der Waals surface area contributed by atoms with E-state index in [4.69, 9.17) is 0 Å². The van der Waals surface area contributed by atoms with E-state index in [0.717, 1.165) is 36.2 Å². The second-order valence-corrected chi connectivity index (χ2v) is 3.81. The molecule has 1 aliphatic rings. The molecule has 0 nitrogen and oxygen atoms in total. The van der Waals surface area contributed by atoms with Crippen molar-refractivity contribution in [3.05, 3.63) is 0 Å². The molecule has 0 aromatic carbocycles. The topological polar surface area (TPSA) is 0 Å². The van der Waals surface area contributed by atoms with Gasteiger partial charge in [-0.25, -0.2) is 0 Å². The molecule has 0 radical (unpaired) electrons. The fourth-order valence-electron chi connectivity index (χ4n) is 2.22. The quantitative estimate of drug-likeness (QED) is 0.739. The van der Waals surface area contributed by atoms with Crippen LogP contribution in [-0.2, 0) is 0 Å². The van der Waals surface area contributed by atoms with E-state index in [-0.39, 0.29) is 0 Å². The van der Waals surface area contributed by atoms with Crippen LogP contribution in [0.15, 0.2) is 0 Å². The first-order valence-corrected chi connectivity index (χ1v) is 11.6. The van der Waals surface area contributed by atoms with Crippen molar-refractivity contribution in [1.82, 2.24) is 0 Å². The molecule has 0 aliphatic heterocycles. The average Bonchev–Trinajstić information content (AvgIpc) is 2.60. The second kappa shape index (κ2) is 8.47. The van der Waals surface area contributed by atoms with Gasteiger partial charge in [-0.3, -0.25) is 0 Å². The van der Waals surface area contributed by atoms with Crippen LogP contribution in [0.1, 0.15) is 52.4 Å². The third-order valence-electron chi connectivity index (χ3n) is 2.95. The van der Waals surface area contributed by atoms with Crippen LogP contribution in [-0.4, -0.2) is 24.4 Å². The van der Waals surface area contributed by atoms with Crippen molar-refractivity contribution in [1.29, 1.82) is 0 Å². The summed E-state index contributed by atoms with van der Waals surface area (Å²) in [5, 5.41) is 0. The molecule has 0 spiro atoms. The molecule has 12 heavy (non-hydrogen) atoms. The molecular formula is C11H25In. The molecule has 1 atom stereocenters. The van der Waals surface area contributed by atoms with Crippen LogP contribution in [0.3, 0.4) is 0 Å². The zero-order chi connectivity index (χ0) is 9.40. The van der Waals surface area contributed by atoms with Crippen molar-refractivity contribution in [2.75, 3.05) is 0 Å². The van der Waals surface area contributed by atoms with Gasteiger partial charge in [-0.2, -0.15) is 0 Å². The first-order chi connectivity index (χ1) is 5.84. The zero-order valence-corrected chi connectivity index (χ0v) is 15.1. The van der Waals surface area contributed by atoms with E-state index in [1.165, 1.54) is 38.5 Å². The number of hydrogen-bond donors (Lipinski definition) is 0. The molecular weight excluding hydrogens is 247 g/mol. The van der Waals surface area contributed by atoms with E-state index < -0.39 is 0 Å². The summed E-state index contributed by atoms with van der Waals surface area (Å²) in [5.74, 6) is 2.09. The Balaban J connectivity index is 0.000000561. The molecule has 0 heterocycles. The Morgan fingerprint density at radius 1 is 1.25 bits per heavy atom. The summed E-state index contributed by atoms with van der Waals surface area (Å²) < 4.78 is 2.21. The molecule has 1 rings (SSSR count). The van der Waals surface area contributed by atoms with Crippen LogP contribution in [0.25, 0.3) is 0 Å². The Morgan fingerprint density at radius 2 is 1.75 bits per heavy atom. The Morgan fingerprint density at radius 3 is 2.17 bits per heavy atom. The summed E-state index contributed by atoms with van der Waals surface area (Å²) in [6.45, 7) is 4.73. The molecule has 1 heteroatoms. The van der Waals surface area contributed by atoms with Crippen molar-refractivity contribution in [2.24, 2.45) is 11.8 Å². The fourth-order valence-corrected chi connectivity index (χ4v) is 2.22. The van der Waals surface area contributed by atoms with E-state index in [0.29, 0.717) is 0 Å². The minimum absolute atomic E-state index is 0.950. The fraction of sp³-hybridized carbons (Fsp3) is 1.00. The van der Waals surface area contributed by atoms with Crippen molar-refractivity contribution >= 4 is 24.4 Å². The summed E-state index contributed by atoms with van der Waals surface area (Å²) in [4.78, 5) is 0. The van der Waals surface area contributed by atoms with Crippen LogP contribution in [0.2, 0.25) is 4.68 Å². The van der Waals surface area contributed by atoms with E-state index in [1.807, 2.05) is 0 Å². The van der Waals surface area contributed by atoms with Crippen LogP contribution < -0.4 is 0 Å². The predicted molar refractivity (Wildman–Crippen MR) is 60.4 cm³/mol. The summed E-state index contributed by atoms with van der Waals surface area (Å²) in [5.41, 5.74) is 0. The minimum atomic E-state index is 0.950. The molecule has 72 valence electrons. The second-order valence-electron chi connectivity index (χ2n) is 3.81. The summed E-state index contributed by atoms with van der Waals surface area (Å²) in [6, 6.07) is 0. The molecule has 0 bridgehead atoms. The van der Waals surface area contributed by atoms with E-state index in [9.17, 15) is 0 Å². The van der Waals surface area contributed by atoms with Gasteiger partial charge in [-0.05, 0) is 11.8 Å². The molecule has 0 N–H and O–H groups in total. The van der Waals surface area contributed by atoms with Gasteiger partial charge in [0.05, 0.1) is 0 Å². The average molecular weight is 272 g/mol. The molecule has 0 saturated heterocycles. The van der Waals surface area contributed by atoms with Gasteiger partial charge < -0.3 is 0 Å². The number of rotatable bonds is 3. The van der Waals surface area contributed by atoms with Gasteiger partial charge in [0.1, 0.15) is 0 Å². The standard InChI is InChI=1S/C10H20.CH3.In.2H/c1-3-6-9(2)10-7-4-5-8-10;;;;/h9-10H,3-8H2,1-2H3;1H3;;;. The van der Waals surface area contributed by atoms with Crippen molar-refractivity contribution in [2.45, 2.75) is 57.1 Å². The van der Waals surface area contributed by atoms with Gasteiger partial charge >= 0.3 is 29.1 Å². The van der Waals surface area contributed by atoms with Gasteiger partial charge in [-0.15, -0.1) is 0 Å². The van der Waals surface area contributed by atoms with Gasteiger partial charge in [0, 0.05) is 0 Å². The van der Waals surface area contributed by atoms with E-state index in [1.54, 1.807) is 0 Å². The normalized spacial score (nSPS) is 19.9. The van der Waals surface area contributed by atoms with E-state index >= 15 is 0 Å². The van der Waals surface area contributed by atoms with Crippen LogP contribution in [0.5, 0.6) is 0 Å². The van der Waals surface area contributed by atoms with Crippen molar-refractivity contribution in [3.63, 3.8) is 0 Å². The first-order valence-electron chi connectivity index (χ1n) is 5.84. The van der Waals surface area contributed by atoms with Gasteiger partial charge in [-0.1, -0.05) is 52.4 Å². The maximum absolute atomic E-state index is 2.43. The third-order valence-corrected chi connectivity index (χ3v) is 2.95. The Kier molecular flexibility index (Phi) is 9.08. The summed E-state index contributed by atoms with van der Waals surface area (Å²) in [6.07, 6.45) is 8.85. The Hall–Kier alpha value is 0.870. The SMILES string of the molecule is CCCC(C)C1CCCC1.[CH3][InH2]. The van der Waals surface area contributed by atoms with Crippen LogP contribution >= 0.6 is 0 Å². The van der Waals surface area contributed by atoms with Gasteiger partial charge in [0.15, 0.2) is 0 Å². The predicted octanol–water partition coefficient (Wildman–Crippen LogP) is 3.28. The van der Waals surface area contributed by atoms with Crippen molar-refractivity contribution < 1.29 is 0 Å². The third kappa shape index (κ3) is 4.79. The first kappa shape index (κ1) is 12.9. The molecule has 0 aromatic rings. The molecule has 0 aromatic heterocycles. The molecule has 1 saturated carbocycles. The Labute approximate surface area is 93.1 Å². The molecule has 1 aliphatic carbocycles. The summed E-state index contributed by atoms with van der Waals surface area (Å²) in [7, 11) is 0. The van der Waals surface area contributed by atoms with Gasteiger partial charge in [0.2, 0.25) is 0 Å². The van der Waals surface area contributed by atoms with Crippen molar-refractivity contribution in [3.8, 4) is 0 Å². The van der Waals surface area contributed by atoms with Crippen LogP contribution in [0, 0.1) is 11.8 Å². The van der Waals surface area contributed by atoms with Crippen LogP contribution in [0.4, 0.5) is 0 Å². The molecule has 0 amide bonds. The van der Waals surface area contributed by atoms with Gasteiger partial charge in [0.25, 0.3) is 0 Å². The summed E-state index contributed by atoms with van der Waals surface area (Å²) >= 11 is 0.950. The Bertz CT molecular complexity index is 85.0. The van der Waals surface area contributed by atoms with E-state index in [2.05, 4.69) is 18.5 Å². The molecule has 1 unspecified atom stereocenters. The molecule has 1 fully saturated rings. The monoisotopic (exact) mass is 272 g/mol. The number of hydrogen-bond acceptors (Lipinski definition) is 0. The zero-order valence-electron chi connectivity index (χ0n) is 9.40. The maximum atomic E-state index is 2.43.